The maximum atomic E-state index is 12.9. The normalized spacial score (nSPS) is 23.9. The molecule has 3 atom stereocenters. The van der Waals surface area contributed by atoms with E-state index in [2.05, 4.69) is 55.7 Å². The van der Waals surface area contributed by atoms with Crippen molar-refractivity contribution in [1.29, 1.82) is 0 Å². The zero-order valence-corrected chi connectivity index (χ0v) is 15.1. The average Bonchev–Trinajstić information content (AvgIpc) is 3.27. The lowest BCUT2D eigenvalue weighted by Gasteiger charge is -2.07. The van der Waals surface area contributed by atoms with Gasteiger partial charge in [0.1, 0.15) is 0 Å². The fourth-order valence-electron chi connectivity index (χ4n) is 3.21. The molecule has 1 aliphatic rings. The van der Waals surface area contributed by atoms with Crippen molar-refractivity contribution in [3.8, 4) is 0 Å². The third-order valence-electron chi connectivity index (χ3n) is 4.44. The van der Waals surface area contributed by atoms with E-state index in [4.69, 9.17) is 0 Å². The molecule has 1 saturated carbocycles. The Balaban J connectivity index is 1.87. The molecule has 1 aliphatic carbocycles. The molecule has 0 aromatic heterocycles. The first-order valence-electron chi connectivity index (χ1n) is 8.31. The highest BCUT2D eigenvalue weighted by atomic mass is 28.3. The number of carbonyl (C=O) groups is 1. The zero-order valence-electron chi connectivity index (χ0n) is 14.1. The highest BCUT2D eigenvalue weighted by Gasteiger charge is 2.53. The van der Waals surface area contributed by atoms with Gasteiger partial charge in [0.2, 0.25) is 0 Å². The van der Waals surface area contributed by atoms with Crippen LogP contribution in [0.3, 0.4) is 0 Å². The van der Waals surface area contributed by atoms with Crippen LogP contribution >= 0.6 is 0 Å². The first-order valence-corrected chi connectivity index (χ1v) is 11.9. The van der Waals surface area contributed by atoms with E-state index in [0.717, 1.165) is 5.56 Å². The summed E-state index contributed by atoms with van der Waals surface area (Å²) in [4.78, 5) is 12.9. The van der Waals surface area contributed by atoms with Crippen LogP contribution in [0.4, 0.5) is 0 Å². The number of hydrogen-bond donors (Lipinski definition) is 0. The van der Waals surface area contributed by atoms with Gasteiger partial charge in [-0.1, -0.05) is 92.1 Å². The molecule has 0 heterocycles. The zero-order chi connectivity index (χ0) is 16.4. The maximum absolute atomic E-state index is 12.9. The Morgan fingerprint density at radius 3 is 2.04 bits per heavy atom. The van der Waals surface area contributed by atoms with Crippen LogP contribution < -0.4 is 0 Å². The van der Waals surface area contributed by atoms with Gasteiger partial charge in [-0.2, -0.15) is 0 Å². The van der Waals surface area contributed by atoms with E-state index in [1.165, 1.54) is 5.56 Å². The molecule has 0 unspecified atom stereocenters. The van der Waals surface area contributed by atoms with Gasteiger partial charge in [-0.3, -0.25) is 4.79 Å². The van der Waals surface area contributed by atoms with Crippen LogP contribution in [0.25, 0.3) is 0 Å². The average molecular weight is 321 g/mol. The summed E-state index contributed by atoms with van der Waals surface area (Å²) in [6.07, 6.45) is 2.31. The summed E-state index contributed by atoms with van der Waals surface area (Å²) in [5.41, 5.74) is 4.50. The minimum Gasteiger partial charge on any atom is -0.294 e. The van der Waals surface area contributed by atoms with Crippen molar-refractivity contribution in [1.82, 2.24) is 0 Å². The van der Waals surface area contributed by atoms with Crippen molar-refractivity contribution < 1.29 is 4.79 Å². The second-order valence-corrected chi connectivity index (χ2v) is 12.6. The van der Waals surface area contributed by atoms with Crippen molar-refractivity contribution in [3.05, 3.63) is 83.6 Å². The van der Waals surface area contributed by atoms with Crippen LogP contribution in [0.2, 0.25) is 19.6 Å². The molecule has 0 spiro atoms. The van der Waals surface area contributed by atoms with Crippen molar-refractivity contribution in [2.45, 2.75) is 25.6 Å². The van der Waals surface area contributed by atoms with Gasteiger partial charge >= 0.3 is 0 Å². The Morgan fingerprint density at radius 2 is 1.48 bits per heavy atom. The van der Waals surface area contributed by atoms with Crippen LogP contribution in [0, 0.1) is 11.8 Å². The highest BCUT2D eigenvalue weighted by Crippen LogP contribution is 2.56. The standard InChI is InChI=1S/C21H24OSi/c1-23(2,3)15-14-18-19(16-10-6-4-7-11-16)20(18)21(22)17-12-8-5-9-13-17/h4-15,18-20H,1-3H3/b15-14+/t18-,19+,20+/m0/s1. The molecule has 23 heavy (non-hydrogen) atoms. The second kappa shape index (κ2) is 6.29. The van der Waals surface area contributed by atoms with Gasteiger partial charge in [-0.25, -0.2) is 0 Å². The van der Waals surface area contributed by atoms with E-state index < -0.39 is 8.07 Å². The van der Waals surface area contributed by atoms with E-state index in [9.17, 15) is 4.79 Å². The Morgan fingerprint density at radius 1 is 0.913 bits per heavy atom. The van der Waals surface area contributed by atoms with Gasteiger partial charge in [0.25, 0.3) is 0 Å². The number of carbonyl (C=O) groups excluding carboxylic acids is 1. The largest absolute Gasteiger partial charge is 0.294 e. The predicted molar refractivity (Wildman–Crippen MR) is 99.4 cm³/mol. The molecule has 0 bridgehead atoms. The minimum absolute atomic E-state index is 0.0902. The second-order valence-electron chi connectivity index (χ2n) is 7.50. The SMILES string of the molecule is C[Si](C)(C)/C=C/[C@@H]1[C@@H](C(=O)c2ccccc2)[C@@H]1c1ccccc1. The minimum atomic E-state index is -1.25. The molecule has 1 fully saturated rings. The third-order valence-corrected chi connectivity index (χ3v) is 5.63. The summed E-state index contributed by atoms with van der Waals surface area (Å²) in [6, 6.07) is 20.2. The number of hydrogen-bond acceptors (Lipinski definition) is 1. The lowest BCUT2D eigenvalue weighted by atomic mass is 10.0. The Hall–Kier alpha value is -1.93. The van der Waals surface area contributed by atoms with Crippen molar-refractivity contribution in [2.75, 3.05) is 0 Å². The Kier molecular flexibility index (Phi) is 4.36. The smallest absolute Gasteiger partial charge is 0.167 e. The molecule has 0 saturated heterocycles. The quantitative estimate of drug-likeness (QED) is 0.537. The van der Waals surface area contributed by atoms with Gasteiger partial charge in [0, 0.05) is 17.4 Å². The van der Waals surface area contributed by atoms with Crippen molar-refractivity contribution in [2.24, 2.45) is 11.8 Å². The van der Waals surface area contributed by atoms with Gasteiger partial charge in [0.15, 0.2) is 5.78 Å². The first kappa shape index (κ1) is 15.9. The van der Waals surface area contributed by atoms with Crippen LogP contribution in [-0.2, 0) is 0 Å². The van der Waals surface area contributed by atoms with E-state index in [-0.39, 0.29) is 11.7 Å². The van der Waals surface area contributed by atoms with E-state index in [1.807, 2.05) is 36.4 Å². The molecule has 0 radical (unpaired) electrons. The van der Waals surface area contributed by atoms with Gasteiger partial charge in [-0.05, 0) is 11.5 Å². The molecule has 0 N–H and O–H groups in total. The highest BCUT2D eigenvalue weighted by molar-refractivity contribution is 6.80. The Bertz CT molecular complexity index is 698. The van der Waals surface area contributed by atoms with Crippen LogP contribution in [0.15, 0.2) is 72.4 Å². The maximum Gasteiger partial charge on any atom is 0.167 e. The summed E-state index contributed by atoms with van der Waals surface area (Å²) in [7, 11) is -1.25. The Labute approximate surface area is 140 Å². The lowest BCUT2D eigenvalue weighted by molar-refractivity contribution is 0.0961. The number of Topliss-reactive ketones (excluding diaryl/α,β-unsaturated/α-hetero) is 1. The molecule has 0 aliphatic heterocycles. The van der Waals surface area contributed by atoms with Gasteiger partial charge in [-0.15, -0.1) is 0 Å². The molecule has 118 valence electrons. The van der Waals surface area contributed by atoms with Crippen LogP contribution in [0.5, 0.6) is 0 Å². The van der Waals surface area contributed by atoms with Crippen molar-refractivity contribution >= 4 is 13.9 Å². The third kappa shape index (κ3) is 3.70. The molecular formula is C21H24OSi. The fraction of sp³-hybridized carbons (Fsp3) is 0.286. The number of allylic oxidation sites excluding steroid dienone is 1. The summed E-state index contributed by atoms with van der Waals surface area (Å²) in [5.74, 6) is 1.05. The molecular weight excluding hydrogens is 296 g/mol. The molecule has 0 amide bonds. The monoisotopic (exact) mass is 320 g/mol. The summed E-state index contributed by atoms with van der Waals surface area (Å²) in [5, 5.41) is 0. The predicted octanol–water partition coefficient (Wildman–Crippen LogP) is 5.33. The molecule has 2 heteroatoms. The van der Waals surface area contributed by atoms with E-state index in [1.54, 1.807) is 0 Å². The van der Waals surface area contributed by atoms with E-state index in [0.29, 0.717) is 11.8 Å². The van der Waals surface area contributed by atoms with Crippen molar-refractivity contribution in [3.63, 3.8) is 0 Å². The molecule has 2 aromatic rings. The molecule has 1 nitrogen and oxygen atoms in total. The lowest BCUT2D eigenvalue weighted by Crippen LogP contribution is -2.15. The van der Waals surface area contributed by atoms with Gasteiger partial charge < -0.3 is 0 Å². The molecule has 2 aromatic carbocycles. The first-order chi connectivity index (χ1) is 11.0. The summed E-state index contributed by atoms with van der Waals surface area (Å²) in [6.45, 7) is 6.99. The number of rotatable bonds is 5. The van der Waals surface area contributed by atoms with Crippen LogP contribution in [0.1, 0.15) is 21.8 Å². The van der Waals surface area contributed by atoms with Gasteiger partial charge in [0.05, 0.1) is 8.07 Å². The fourth-order valence-corrected chi connectivity index (χ4v) is 4.01. The van der Waals surface area contributed by atoms with E-state index >= 15 is 0 Å². The molecule has 3 rings (SSSR count). The summed E-state index contributed by atoms with van der Waals surface area (Å²) >= 11 is 0. The number of ketones is 1. The number of benzene rings is 2. The topological polar surface area (TPSA) is 17.1 Å². The van der Waals surface area contributed by atoms with Crippen LogP contribution in [-0.4, -0.2) is 13.9 Å². The summed E-state index contributed by atoms with van der Waals surface area (Å²) < 4.78 is 0.